The monoisotopic (exact) mass is 344 g/mol. The molecule has 1 unspecified atom stereocenters. The lowest BCUT2D eigenvalue weighted by Gasteiger charge is -2.19. The summed E-state index contributed by atoms with van der Waals surface area (Å²) in [6.07, 6.45) is 1.76. The number of nitrogens with zero attached hydrogens (tertiary/aromatic N) is 1. The molecule has 0 spiro atoms. The second-order valence-corrected chi connectivity index (χ2v) is 5.72. The molecule has 0 fully saturated rings. The zero-order valence-electron chi connectivity index (χ0n) is 11.5. The number of rotatable bonds is 3. The van der Waals surface area contributed by atoms with E-state index in [9.17, 15) is 4.39 Å². The Kier molecular flexibility index (Phi) is 3.99. The first-order valence-electron chi connectivity index (χ1n) is 6.66. The van der Waals surface area contributed by atoms with Gasteiger partial charge in [0.05, 0.1) is 11.7 Å². The molecule has 0 bridgehead atoms. The number of nitrogens with one attached hydrogen (secondary N) is 1. The fraction of sp³-hybridized carbons (Fsp3) is 0.118. The van der Waals surface area contributed by atoms with Crippen molar-refractivity contribution in [2.24, 2.45) is 0 Å². The Morgan fingerprint density at radius 3 is 2.76 bits per heavy atom. The molecule has 106 valence electrons. The summed E-state index contributed by atoms with van der Waals surface area (Å²) in [6, 6.07) is 14.6. The van der Waals surface area contributed by atoms with Crippen molar-refractivity contribution in [2.75, 3.05) is 7.05 Å². The average Bonchev–Trinajstić information content (AvgIpc) is 2.51. The lowest BCUT2D eigenvalue weighted by atomic mass is 9.98. The maximum absolute atomic E-state index is 14.2. The second kappa shape index (κ2) is 5.92. The summed E-state index contributed by atoms with van der Waals surface area (Å²) < 4.78 is 15.1. The Morgan fingerprint density at radius 2 is 1.95 bits per heavy atom. The Labute approximate surface area is 131 Å². The maximum Gasteiger partial charge on any atom is 0.128 e. The molecule has 0 saturated heterocycles. The van der Waals surface area contributed by atoms with Crippen molar-refractivity contribution < 1.29 is 4.39 Å². The van der Waals surface area contributed by atoms with Gasteiger partial charge >= 0.3 is 0 Å². The van der Waals surface area contributed by atoms with E-state index in [2.05, 4.69) is 26.2 Å². The third kappa shape index (κ3) is 2.69. The summed E-state index contributed by atoms with van der Waals surface area (Å²) in [5.41, 5.74) is 1.41. The molecule has 2 aromatic carbocycles. The molecule has 0 saturated carbocycles. The zero-order valence-corrected chi connectivity index (χ0v) is 13.1. The van der Waals surface area contributed by atoms with E-state index >= 15 is 0 Å². The van der Waals surface area contributed by atoms with Crippen molar-refractivity contribution in [3.63, 3.8) is 0 Å². The van der Waals surface area contributed by atoms with Gasteiger partial charge in [0.2, 0.25) is 0 Å². The minimum Gasteiger partial charge on any atom is -0.308 e. The van der Waals surface area contributed by atoms with E-state index in [0.29, 0.717) is 5.56 Å². The lowest BCUT2D eigenvalue weighted by Crippen LogP contribution is -2.20. The second-order valence-electron chi connectivity index (χ2n) is 4.80. The number of fused-ring (bicyclic) bond motifs is 1. The molecule has 1 atom stereocenters. The van der Waals surface area contributed by atoms with Gasteiger partial charge < -0.3 is 5.32 Å². The molecule has 0 radical (unpaired) electrons. The fourth-order valence-corrected chi connectivity index (χ4v) is 2.93. The van der Waals surface area contributed by atoms with Gasteiger partial charge in [-0.3, -0.25) is 4.98 Å². The van der Waals surface area contributed by atoms with Crippen LogP contribution in [0, 0.1) is 5.82 Å². The smallest absolute Gasteiger partial charge is 0.128 e. The Morgan fingerprint density at radius 1 is 1.14 bits per heavy atom. The van der Waals surface area contributed by atoms with Gasteiger partial charge in [-0.15, -0.1) is 0 Å². The van der Waals surface area contributed by atoms with Crippen LogP contribution in [0.1, 0.15) is 17.3 Å². The van der Waals surface area contributed by atoms with Crippen LogP contribution >= 0.6 is 15.9 Å². The highest BCUT2D eigenvalue weighted by molar-refractivity contribution is 9.10. The predicted molar refractivity (Wildman–Crippen MR) is 86.7 cm³/mol. The SMILES string of the molecule is CNC(c1cc(Br)ccc1F)c1nccc2ccccc12. The Bertz CT molecular complexity index is 783. The molecule has 1 N–H and O–H groups in total. The molecular weight excluding hydrogens is 331 g/mol. The highest BCUT2D eigenvalue weighted by Crippen LogP contribution is 2.30. The van der Waals surface area contributed by atoms with E-state index in [0.717, 1.165) is 20.9 Å². The van der Waals surface area contributed by atoms with Crippen molar-refractivity contribution in [1.82, 2.24) is 10.3 Å². The van der Waals surface area contributed by atoms with Gasteiger partial charge in [-0.05, 0) is 36.7 Å². The van der Waals surface area contributed by atoms with Crippen LogP contribution in [-0.2, 0) is 0 Å². The first kappa shape index (κ1) is 14.2. The largest absolute Gasteiger partial charge is 0.308 e. The summed E-state index contributed by atoms with van der Waals surface area (Å²) in [5, 5.41) is 5.29. The molecule has 3 rings (SSSR count). The van der Waals surface area contributed by atoms with E-state index in [-0.39, 0.29) is 11.9 Å². The van der Waals surface area contributed by atoms with E-state index < -0.39 is 0 Å². The third-order valence-electron chi connectivity index (χ3n) is 3.54. The van der Waals surface area contributed by atoms with Crippen LogP contribution in [0.4, 0.5) is 4.39 Å². The summed E-state index contributed by atoms with van der Waals surface area (Å²) in [7, 11) is 1.81. The Hall–Kier alpha value is -1.78. The number of aromatic nitrogens is 1. The van der Waals surface area contributed by atoms with E-state index in [1.54, 1.807) is 18.3 Å². The summed E-state index contributed by atoms with van der Waals surface area (Å²) in [5.74, 6) is -0.243. The fourth-order valence-electron chi connectivity index (χ4n) is 2.55. The number of halogens is 2. The molecule has 0 aliphatic heterocycles. The highest BCUT2D eigenvalue weighted by Gasteiger charge is 2.19. The molecular formula is C17H14BrFN2. The van der Waals surface area contributed by atoms with E-state index in [4.69, 9.17) is 0 Å². The number of benzene rings is 2. The molecule has 21 heavy (non-hydrogen) atoms. The minimum atomic E-state index is -0.298. The van der Waals surface area contributed by atoms with Crippen LogP contribution in [0.5, 0.6) is 0 Å². The molecule has 4 heteroatoms. The summed E-state index contributed by atoms with van der Waals surface area (Å²) in [4.78, 5) is 4.48. The van der Waals surface area contributed by atoms with Crippen LogP contribution in [0.3, 0.4) is 0 Å². The van der Waals surface area contributed by atoms with Gasteiger partial charge in [-0.25, -0.2) is 4.39 Å². The lowest BCUT2D eigenvalue weighted by molar-refractivity contribution is 0.572. The van der Waals surface area contributed by atoms with E-state index in [1.165, 1.54) is 6.07 Å². The summed E-state index contributed by atoms with van der Waals surface area (Å²) in [6.45, 7) is 0. The van der Waals surface area contributed by atoms with Crippen LogP contribution in [0.15, 0.2) is 59.2 Å². The highest BCUT2D eigenvalue weighted by atomic mass is 79.9. The molecule has 0 aliphatic carbocycles. The number of hydrogen-bond donors (Lipinski definition) is 1. The van der Waals surface area contributed by atoms with E-state index in [1.807, 2.05) is 37.4 Å². The van der Waals surface area contributed by atoms with Gasteiger partial charge in [0.25, 0.3) is 0 Å². The standard InChI is InChI=1S/C17H14BrFN2/c1-20-16(14-10-12(18)6-7-15(14)19)17-13-5-3-2-4-11(13)8-9-21-17/h2-10,16,20H,1H3. The van der Waals surface area contributed by atoms with Crippen LogP contribution in [-0.4, -0.2) is 12.0 Å². The molecule has 1 heterocycles. The minimum absolute atomic E-state index is 0.243. The molecule has 2 nitrogen and oxygen atoms in total. The van der Waals surface area contributed by atoms with Crippen molar-refractivity contribution in [3.8, 4) is 0 Å². The van der Waals surface area contributed by atoms with Gasteiger partial charge in [0.15, 0.2) is 0 Å². The number of pyridine rings is 1. The number of hydrogen-bond acceptors (Lipinski definition) is 2. The van der Waals surface area contributed by atoms with Crippen molar-refractivity contribution in [1.29, 1.82) is 0 Å². The van der Waals surface area contributed by atoms with Gasteiger partial charge in [-0.1, -0.05) is 40.2 Å². The van der Waals surface area contributed by atoms with Gasteiger partial charge in [-0.2, -0.15) is 0 Å². The van der Waals surface area contributed by atoms with Crippen LogP contribution in [0.2, 0.25) is 0 Å². The Balaban J connectivity index is 2.21. The summed E-state index contributed by atoms with van der Waals surface area (Å²) >= 11 is 3.40. The van der Waals surface area contributed by atoms with Crippen molar-refractivity contribution in [2.45, 2.75) is 6.04 Å². The first-order valence-corrected chi connectivity index (χ1v) is 7.46. The quantitative estimate of drug-likeness (QED) is 0.759. The topological polar surface area (TPSA) is 24.9 Å². The molecule has 3 aromatic rings. The maximum atomic E-state index is 14.2. The average molecular weight is 345 g/mol. The first-order chi connectivity index (χ1) is 10.2. The van der Waals surface area contributed by atoms with Crippen LogP contribution < -0.4 is 5.32 Å². The molecule has 0 aliphatic rings. The zero-order chi connectivity index (χ0) is 14.8. The third-order valence-corrected chi connectivity index (χ3v) is 4.03. The predicted octanol–water partition coefficient (Wildman–Crippen LogP) is 4.45. The van der Waals surface area contributed by atoms with Crippen LogP contribution in [0.25, 0.3) is 10.8 Å². The normalized spacial score (nSPS) is 12.5. The van der Waals surface area contributed by atoms with Gasteiger partial charge in [0, 0.05) is 21.6 Å². The van der Waals surface area contributed by atoms with Crippen molar-refractivity contribution in [3.05, 3.63) is 76.3 Å². The van der Waals surface area contributed by atoms with Crippen molar-refractivity contribution >= 4 is 26.7 Å². The molecule has 0 amide bonds. The molecule has 1 aromatic heterocycles. The van der Waals surface area contributed by atoms with Gasteiger partial charge in [0.1, 0.15) is 5.82 Å².